The third-order valence-electron chi connectivity index (χ3n) is 5.02. The highest BCUT2D eigenvalue weighted by Crippen LogP contribution is 2.31. The maximum atomic E-state index is 12.4. The van der Waals surface area contributed by atoms with E-state index in [0.717, 1.165) is 42.0 Å². The van der Waals surface area contributed by atoms with Crippen LogP contribution in [0, 0.1) is 0 Å². The van der Waals surface area contributed by atoms with Gasteiger partial charge in [0.1, 0.15) is 5.75 Å². The molecule has 1 atom stereocenters. The molecular formula is C21H23N3O3. The fourth-order valence-electron chi connectivity index (χ4n) is 3.60. The summed E-state index contributed by atoms with van der Waals surface area (Å²) in [5.41, 5.74) is 2.79. The van der Waals surface area contributed by atoms with Crippen molar-refractivity contribution in [3.05, 3.63) is 59.7 Å². The highest BCUT2D eigenvalue weighted by atomic mass is 16.5. The number of nitrogens with zero attached hydrogens (tertiary/aromatic N) is 1. The smallest absolute Gasteiger partial charge is 0.319 e. The van der Waals surface area contributed by atoms with Crippen molar-refractivity contribution in [1.82, 2.24) is 10.2 Å². The summed E-state index contributed by atoms with van der Waals surface area (Å²) >= 11 is 0. The molecule has 2 aliphatic rings. The molecule has 3 amide bonds. The molecule has 1 fully saturated rings. The summed E-state index contributed by atoms with van der Waals surface area (Å²) in [6.45, 7) is 2.05. The molecule has 2 aliphatic heterocycles. The lowest BCUT2D eigenvalue weighted by Gasteiger charge is -2.26. The van der Waals surface area contributed by atoms with Gasteiger partial charge in [-0.2, -0.15) is 0 Å². The van der Waals surface area contributed by atoms with E-state index in [2.05, 4.69) is 10.6 Å². The first-order valence-electron chi connectivity index (χ1n) is 9.35. The molecule has 0 bridgehead atoms. The average molecular weight is 365 g/mol. The van der Waals surface area contributed by atoms with E-state index in [1.54, 1.807) is 0 Å². The van der Waals surface area contributed by atoms with Gasteiger partial charge in [0.15, 0.2) is 0 Å². The second-order valence-corrected chi connectivity index (χ2v) is 6.94. The molecule has 2 aromatic rings. The van der Waals surface area contributed by atoms with Gasteiger partial charge in [0.05, 0.1) is 12.6 Å². The minimum atomic E-state index is -0.237. The van der Waals surface area contributed by atoms with E-state index in [-0.39, 0.29) is 18.0 Å². The second kappa shape index (κ2) is 7.70. The van der Waals surface area contributed by atoms with Crippen LogP contribution in [-0.4, -0.2) is 30.0 Å². The molecule has 0 radical (unpaired) electrons. The summed E-state index contributed by atoms with van der Waals surface area (Å²) in [7, 11) is 0. The number of ether oxygens (including phenoxy) is 1. The van der Waals surface area contributed by atoms with Crippen LogP contribution in [0.5, 0.6) is 5.75 Å². The lowest BCUT2D eigenvalue weighted by Crippen LogP contribution is -2.35. The Hall–Kier alpha value is -3.02. The van der Waals surface area contributed by atoms with Crippen LogP contribution in [0.2, 0.25) is 0 Å². The average Bonchev–Trinajstić information content (AvgIpc) is 3.08. The molecule has 6 nitrogen and oxygen atoms in total. The number of likely N-dealkylation sites (tertiary alicyclic amines) is 1. The molecule has 2 heterocycles. The Balaban J connectivity index is 1.34. The lowest BCUT2D eigenvalue weighted by molar-refractivity contribution is -0.128. The molecule has 1 unspecified atom stereocenters. The maximum Gasteiger partial charge on any atom is 0.319 e. The molecule has 4 rings (SSSR count). The fourth-order valence-corrected chi connectivity index (χ4v) is 3.60. The highest BCUT2D eigenvalue weighted by Gasteiger charge is 2.23. The van der Waals surface area contributed by atoms with Crippen molar-refractivity contribution in [2.75, 3.05) is 18.5 Å². The normalized spacial score (nSPS) is 18.6. The Kier molecular flexibility index (Phi) is 4.96. The van der Waals surface area contributed by atoms with E-state index < -0.39 is 0 Å². The zero-order valence-corrected chi connectivity index (χ0v) is 15.1. The van der Waals surface area contributed by atoms with Crippen LogP contribution in [-0.2, 0) is 11.3 Å². The number of para-hydroxylation sites is 1. The Labute approximate surface area is 158 Å². The summed E-state index contributed by atoms with van der Waals surface area (Å²) < 4.78 is 5.63. The Bertz CT molecular complexity index is 835. The van der Waals surface area contributed by atoms with E-state index >= 15 is 0 Å². The van der Waals surface area contributed by atoms with Gasteiger partial charge >= 0.3 is 6.03 Å². The molecule has 6 heteroatoms. The van der Waals surface area contributed by atoms with Gasteiger partial charge < -0.3 is 20.3 Å². The number of anilines is 1. The van der Waals surface area contributed by atoms with Gasteiger partial charge in [-0.05, 0) is 30.2 Å². The first-order chi connectivity index (χ1) is 13.2. The molecule has 0 saturated carbocycles. The van der Waals surface area contributed by atoms with Crippen molar-refractivity contribution in [3.8, 4) is 5.75 Å². The van der Waals surface area contributed by atoms with Crippen LogP contribution >= 0.6 is 0 Å². The van der Waals surface area contributed by atoms with E-state index in [1.807, 2.05) is 53.4 Å². The zero-order valence-electron chi connectivity index (χ0n) is 15.1. The molecule has 0 spiro atoms. The number of rotatable bonds is 4. The number of benzene rings is 2. The second-order valence-electron chi connectivity index (χ2n) is 6.94. The number of amides is 3. The van der Waals surface area contributed by atoms with E-state index in [0.29, 0.717) is 19.6 Å². The maximum absolute atomic E-state index is 12.4. The first-order valence-corrected chi connectivity index (χ1v) is 9.35. The van der Waals surface area contributed by atoms with E-state index in [1.165, 1.54) is 0 Å². The number of hydrogen-bond donors (Lipinski definition) is 2. The Morgan fingerprint density at radius 2 is 1.96 bits per heavy atom. The standard InChI is InChI=1S/C21H23N3O3/c25-20-6-3-12-24(20)14-15-7-9-16(10-8-15)22-21(26)23-18-11-13-27-19-5-2-1-4-17(18)19/h1-2,4-5,7-10,18H,3,6,11-14H2,(H2,22,23,26). The third kappa shape index (κ3) is 4.05. The summed E-state index contributed by atoms with van der Waals surface area (Å²) in [5.74, 6) is 1.04. The van der Waals surface area contributed by atoms with Crippen molar-refractivity contribution in [2.24, 2.45) is 0 Å². The van der Waals surface area contributed by atoms with Crippen LogP contribution in [0.4, 0.5) is 10.5 Å². The van der Waals surface area contributed by atoms with Gasteiger partial charge in [-0.25, -0.2) is 4.79 Å². The minimum Gasteiger partial charge on any atom is -0.493 e. The van der Waals surface area contributed by atoms with Crippen LogP contribution in [0.3, 0.4) is 0 Å². The lowest BCUT2D eigenvalue weighted by atomic mass is 10.0. The van der Waals surface area contributed by atoms with Gasteiger partial charge in [-0.3, -0.25) is 4.79 Å². The van der Waals surface area contributed by atoms with Crippen LogP contribution in [0.1, 0.15) is 36.4 Å². The van der Waals surface area contributed by atoms with Crippen LogP contribution in [0.25, 0.3) is 0 Å². The summed E-state index contributed by atoms with van der Waals surface area (Å²) in [6, 6.07) is 15.1. The predicted molar refractivity (Wildman–Crippen MR) is 103 cm³/mol. The van der Waals surface area contributed by atoms with Crippen molar-refractivity contribution in [2.45, 2.75) is 31.8 Å². The summed E-state index contributed by atoms with van der Waals surface area (Å²) in [5, 5.41) is 5.90. The van der Waals surface area contributed by atoms with Crippen molar-refractivity contribution >= 4 is 17.6 Å². The van der Waals surface area contributed by atoms with E-state index in [4.69, 9.17) is 4.74 Å². The Morgan fingerprint density at radius 1 is 1.15 bits per heavy atom. The number of fused-ring (bicyclic) bond motifs is 1. The van der Waals surface area contributed by atoms with Crippen molar-refractivity contribution in [1.29, 1.82) is 0 Å². The number of hydrogen-bond acceptors (Lipinski definition) is 3. The van der Waals surface area contributed by atoms with Gasteiger partial charge in [0, 0.05) is 37.2 Å². The third-order valence-corrected chi connectivity index (χ3v) is 5.02. The quantitative estimate of drug-likeness (QED) is 0.872. The molecule has 2 N–H and O–H groups in total. The topological polar surface area (TPSA) is 70.7 Å². The highest BCUT2D eigenvalue weighted by molar-refractivity contribution is 5.89. The van der Waals surface area contributed by atoms with Crippen molar-refractivity contribution < 1.29 is 14.3 Å². The molecular weight excluding hydrogens is 342 g/mol. The fraction of sp³-hybridized carbons (Fsp3) is 0.333. The molecule has 0 aromatic heterocycles. The Morgan fingerprint density at radius 3 is 2.74 bits per heavy atom. The zero-order chi connectivity index (χ0) is 18.6. The van der Waals surface area contributed by atoms with Crippen molar-refractivity contribution in [3.63, 3.8) is 0 Å². The van der Waals surface area contributed by atoms with Gasteiger partial charge in [-0.15, -0.1) is 0 Å². The molecule has 140 valence electrons. The van der Waals surface area contributed by atoms with Gasteiger partial charge in [0.25, 0.3) is 0 Å². The number of carbonyl (C=O) groups is 2. The molecule has 1 saturated heterocycles. The number of carbonyl (C=O) groups excluding carboxylic acids is 2. The molecule has 27 heavy (non-hydrogen) atoms. The summed E-state index contributed by atoms with van der Waals surface area (Å²) in [4.78, 5) is 26.0. The first kappa shape index (κ1) is 17.4. The SMILES string of the molecule is O=C(Nc1ccc(CN2CCCC2=O)cc1)NC1CCOc2ccccc21. The van der Waals surface area contributed by atoms with Crippen LogP contribution < -0.4 is 15.4 Å². The predicted octanol–water partition coefficient (Wildman–Crippen LogP) is 3.45. The monoisotopic (exact) mass is 365 g/mol. The summed E-state index contributed by atoms with van der Waals surface area (Å²) in [6.07, 6.45) is 2.33. The number of nitrogens with one attached hydrogen (secondary N) is 2. The largest absolute Gasteiger partial charge is 0.493 e. The van der Waals surface area contributed by atoms with E-state index in [9.17, 15) is 9.59 Å². The van der Waals surface area contributed by atoms with Gasteiger partial charge in [-0.1, -0.05) is 30.3 Å². The molecule has 2 aromatic carbocycles. The number of urea groups is 1. The molecule has 0 aliphatic carbocycles. The van der Waals surface area contributed by atoms with Crippen LogP contribution in [0.15, 0.2) is 48.5 Å². The minimum absolute atomic E-state index is 0.0598. The van der Waals surface area contributed by atoms with Gasteiger partial charge in [0.2, 0.25) is 5.91 Å².